The molecule has 1 N–H and O–H groups in total. The molecule has 0 saturated carbocycles. The van der Waals surface area contributed by atoms with Crippen LogP contribution in [0.2, 0.25) is 0 Å². The summed E-state index contributed by atoms with van der Waals surface area (Å²) < 4.78 is 33.9. The number of phosphoric acid groups is 1. The van der Waals surface area contributed by atoms with E-state index in [1.54, 1.807) is 6.92 Å². The van der Waals surface area contributed by atoms with Gasteiger partial charge in [-0.25, -0.2) is 4.57 Å². The van der Waals surface area contributed by atoms with Crippen molar-refractivity contribution in [3.05, 3.63) is 0 Å². The highest BCUT2D eigenvalue weighted by atomic mass is 31.2. The van der Waals surface area contributed by atoms with Gasteiger partial charge < -0.3 is 18.9 Å². The fourth-order valence-corrected chi connectivity index (χ4v) is 4.37. The molecule has 0 aromatic rings. The Morgan fingerprint density at radius 1 is 0.750 bits per heavy atom. The van der Waals surface area contributed by atoms with Gasteiger partial charge in [0, 0.05) is 13.0 Å². The maximum atomic E-state index is 12.2. The van der Waals surface area contributed by atoms with E-state index in [4.69, 9.17) is 18.5 Å². The minimum atomic E-state index is -4.19. The molecule has 9 heteroatoms. The van der Waals surface area contributed by atoms with Crippen molar-refractivity contribution in [2.45, 2.75) is 116 Å². The van der Waals surface area contributed by atoms with Crippen molar-refractivity contribution in [3.8, 4) is 0 Å². The maximum absolute atomic E-state index is 12.2. The van der Waals surface area contributed by atoms with E-state index >= 15 is 0 Å². The summed E-state index contributed by atoms with van der Waals surface area (Å²) >= 11 is 0. The summed E-state index contributed by atoms with van der Waals surface area (Å²) in [5.41, 5.74) is 0. The highest BCUT2D eigenvalue weighted by Gasteiger charge is 2.25. The van der Waals surface area contributed by atoms with Gasteiger partial charge in [0.25, 0.3) is 0 Å². The van der Waals surface area contributed by atoms with E-state index in [0.717, 1.165) is 12.8 Å². The summed E-state index contributed by atoms with van der Waals surface area (Å²) in [7, 11) is 1.71. The van der Waals surface area contributed by atoms with E-state index in [9.17, 15) is 14.3 Å². The van der Waals surface area contributed by atoms with Crippen molar-refractivity contribution in [1.82, 2.24) is 0 Å². The zero-order chi connectivity index (χ0) is 27.1. The molecule has 2 unspecified atom stereocenters. The minimum absolute atomic E-state index is 0.00976. The lowest BCUT2D eigenvalue weighted by Gasteiger charge is -2.24. The Kier molecular flexibility index (Phi) is 22.2. The summed E-state index contributed by atoms with van der Waals surface area (Å²) in [6, 6.07) is 0. The molecule has 8 nitrogen and oxygen atoms in total. The first-order chi connectivity index (χ1) is 17.1. The lowest BCUT2D eigenvalue weighted by molar-refractivity contribution is -0.870. The zero-order valence-corrected chi connectivity index (χ0v) is 24.9. The van der Waals surface area contributed by atoms with Crippen LogP contribution in [0.5, 0.6) is 0 Å². The molecular formula is C27H57NO7P+. The van der Waals surface area contributed by atoms with E-state index in [1.807, 2.05) is 21.1 Å². The number of nitrogens with zero attached hydrogens (tertiary/aromatic N) is 1. The van der Waals surface area contributed by atoms with Crippen molar-refractivity contribution in [2.24, 2.45) is 0 Å². The normalized spacial score (nSPS) is 14.5. The van der Waals surface area contributed by atoms with Crippen molar-refractivity contribution >= 4 is 13.8 Å². The van der Waals surface area contributed by atoms with Gasteiger partial charge in [-0.1, -0.05) is 97.3 Å². The average Bonchev–Trinajstić information content (AvgIpc) is 2.81. The van der Waals surface area contributed by atoms with Crippen LogP contribution in [-0.4, -0.2) is 75.6 Å². The number of phosphoric ester groups is 1. The van der Waals surface area contributed by atoms with Gasteiger partial charge in [-0.2, -0.15) is 0 Å². The number of esters is 1. The molecule has 216 valence electrons. The third-order valence-electron chi connectivity index (χ3n) is 6.01. The van der Waals surface area contributed by atoms with Crippen LogP contribution in [0, 0.1) is 0 Å². The number of ether oxygens (including phenoxy) is 2. The highest BCUT2D eigenvalue weighted by Crippen LogP contribution is 2.43. The Labute approximate surface area is 221 Å². The number of likely N-dealkylation sites (N-methyl/N-ethyl adjacent to an activating group) is 1. The summed E-state index contributed by atoms with van der Waals surface area (Å²) in [6.07, 6.45) is 17.6. The Morgan fingerprint density at radius 2 is 1.25 bits per heavy atom. The predicted molar refractivity (Wildman–Crippen MR) is 146 cm³/mol. The molecule has 0 saturated heterocycles. The number of quaternary nitrogens is 1. The Balaban J connectivity index is 3.98. The van der Waals surface area contributed by atoms with E-state index in [0.29, 0.717) is 17.6 Å². The lowest BCUT2D eigenvalue weighted by Crippen LogP contribution is -2.37. The molecule has 0 bridgehead atoms. The Hall–Kier alpha value is -0.500. The highest BCUT2D eigenvalue weighted by molar-refractivity contribution is 7.47. The van der Waals surface area contributed by atoms with Gasteiger partial charge in [0.2, 0.25) is 0 Å². The molecule has 0 spiro atoms. The Morgan fingerprint density at radius 3 is 1.72 bits per heavy atom. The molecule has 0 aliphatic heterocycles. The molecule has 2 atom stereocenters. The third kappa shape index (κ3) is 25.2. The van der Waals surface area contributed by atoms with Crippen LogP contribution in [0.25, 0.3) is 0 Å². The molecular weight excluding hydrogens is 481 g/mol. The smallest absolute Gasteiger partial charge is 0.463 e. The minimum Gasteiger partial charge on any atom is -0.463 e. The van der Waals surface area contributed by atoms with Crippen molar-refractivity contribution in [3.63, 3.8) is 0 Å². The van der Waals surface area contributed by atoms with Crippen LogP contribution in [0.15, 0.2) is 0 Å². The zero-order valence-electron chi connectivity index (χ0n) is 24.0. The second kappa shape index (κ2) is 22.5. The van der Waals surface area contributed by atoms with Gasteiger partial charge in [-0.3, -0.25) is 13.8 Å². The third-order valence-corrected chi connectivity index (χ3v) is 6.99. The number of hydrogen-bond donors (Lipinski definition) is 1. The van der Waals surface area contributed by atoms with Gasteiger partial charge in [0.1, 0.15) is 25.9 Å². The second-order valence-electron chi connectivity index (χ2n) is 10.7. The van der Waals surface area contributed by atoms with Gasteiger partial charge in [-0.15, -0.1) is 0 Å². The first kappa shape index (κ1) is 35.5. The monoisotopic (exact) mass is 538 g/mol. The van der Waals surface area contributed by atoms with E-state index in [2.05, 4.69) is 6.92 Å². The van der Waals surface area contributed by atoms with E-state index in [1.165, 1.54) is 77.0 Å². The van der Waals surface area contributed by atoms with E-state index < -0.39 is 13.9 Å². The molecule has 0 aromatic carbocycles. The summed E-state index contributed by atoms with van der Waals surface area (Å²) in [6.45, 7) is 4.96. The molecule has 0 aromatic heterocycles. The van der Waals surface area contributed by atoms with Crippen LogP contribution in [-0.2, 0) is 27.9 Å². The predicted octanol–water partition coefficient (Wildman–Crippen LogP) is 6.65. The van der Waals surface area contributed by atoms with Gasteiger partial charge in [0.05, 0.1) is 27.7 Å². The van der Waals surface area contributed by atoms with Gasteiger partial charge in [-0.05, 0) is 6.42 Å². The number of hydrogen-bond acceptors (Lipinski definition) is 6. The van der Waals surface area contributed by atoms with Gasteiger partial charge >= 0.3 is 13.8 Å². The van der Waals surface area contributed by atoms with Gasteiger partial charge in [0.15, 0.2) is 0 Å². The quantitative estimate of drug-likeness (QED) is 0.0571. The first-order valence-corrected chi connectivity index (χ1v) is 15.8. The second-order valence-corrected chi connectivity index (χ2v) is 12.2. The molecule has 0 heterocycles. The number of rotatable bonds is 26. The average molecular weight is 539 g/mol. The summed E-state index contributed by atoms with van der Waals surface area (Å²) in [5.74, 6) is -0.341. The molecule has 0 fully saturated rings. The number of carbonyl (C=O) groups is 1. The summed E-state index contributed by atoms with van der Waals surface area (Å²) in [5, 5.41) is 0. The van der Waals surface area contributed by atoms with E-state index in [-0.39, 0.29) is 32.2 Å². The van der Waals surface area contributed by atoms with Crippen LogP contribution in [0.1, 0.15) is 110 Å². The fraction of sp³-hybridized carbons (Fsp3) is 0.963. The van der Waals surface area contributed by atoms with Crippen LogP contribution < -0.4 is 0 Å². The number of carbonyl (C=O) groups excluding carboxylic acids is 1. The molecule has 0 rings (SSSR count). The van der Waals surface area contributed by atoms with Crippen molar-refractivity contribution in [1.29, 1.82) is 0 Å². The van der Waals surface area contributed by atoms with Crippen LogP contribution in [0.4, 0.5) is 0 Å². The number of unbranched alkanes of at least 4 members (excludes halogenated alkanes) is 13. The lowest BCUT2D eigenvalue weighted by atomic mass is 10.0. The SMILES string of the molecule is CCCCCCCCCCCCCCCCOC(COC(=O)CC)COP(=O)(O)OCC[N+](C)(C)C. The molecule has 0 amide bonds. The molecule has 0 aliphatic rings. The molecule has 36 heavy (non-hydrogen) atoms. The Bertz CT molecular complexity index is 569. The molecule has 0 radical (unpaired) electrons. The van der Waals surface area contributed by atoms with Crippen molar-refractivity contribution < 1.29 is 37.3 Å². The standard InChI is InChI=1S/C27H56NO7P/c1-6-8-9-10-11-12-13-14-15-16-17-18-19-20-22-32-26(24-33-27(29)7-2)25-35-36(30,31)34-23-21-28(3,4)5/h26H,6-25H2,1-5H3/p+1. The van der Waals surface area contributed by atoms with Crippen LogP contribution in [0.3, 0.4) is 0 Å². The maximum Gasteiger partial charge on any atom is 0.472 e. The topological polar surface area (TPSA) is 91.3 Å². The van der Waals surface area contributed by atoms with Crippen molar-refractivity contribution in [2.75, 3.05) is 54.1 Å². The summed E-state index contributed by atoms with van der Waals surface area (Å²) in [4.78, 5) is 21.4. The largest absolute Gasteiger partial charge is 0.472 e. The fourth-order valence-electron chi connectivity index (χ4n) is 3.62. The first-order valence-electron chi connectivity index (χ1n) is 14.3. The molecule has 0 aliphatic carbocycles. The van der Waals surface area contributed by atoms with Crippen LogP contribution >= 0.6 is 7.82 Å².